The van der Waals surface area contributed by atoms with Gasteiger partial charge >= 0.3 is 0 Å². The Hall–Kier alpha value is -1.16. The Morgan fingerprint density at radius 2 is 1.96 bits per heavy atom. The average molecular weight is 366 g/mol. The van der Waals surface area contributed by atoms with Gasteiger partial charge in [0.2, 0.25) is 0 Å². The van der Waals surface area contributed by atoms with Gasteiger partial charge in [-0.15, -0.1) is 11.8 Å². The summed E-state index contributed by atoms with van der Waals surface area (Å²) in [7, 11) is 0. The van der Waals surface area contributed by atoms with E-state index in [1.807, 2.05) is 4.90 Å². The molecule has 0 saturated carbocycles. The summed E-state index contributed by atoms with van der Waals surface area (Å²) in [5.41, 5.74) is 4.14. The molecule has 0 bridgehead atoms. The van der Waals surface area contributed by atoms with E-state index >= 15 is 0 Å². The van der Waals surface area contributed by atoms with Crippen molar-refractivity contribution < 1.29 is 4.79 Å². The Labute approximate surface area is 150 Å². The smallest absolute Gasteiger partial charge is 0.256 e. The van der Waals surface area contributed by atoms with Crippen molar-refractivity contribution in [1.82, 2.24) is 4.90 Å². The van der Waals surface area contributed by atoms with E-state index < -0.39 is 0 Å². The molecule has 1 atom stereocenters. The maximum Gasteiger partial charge on any atom is 0.256 e. The van der Waals surface area contributed by atoms with Crippen molar-refractivity contribution in [1.29, 1.82) is 0 Å². The minimum Gasteiger partial charge on any atom is -0.322 e. The number of thioether (sulfide) groups is 1. The molecule has 1 fully saturated rings. The van der Waals surface area contributed by atoms with Gasteiger partial charge in [-0.25, -0.2) is 0 Å². The molecule has 1 aliphatic heterocycles. The maximum atomic E-state index is 12.9. The van der Waals surface area contributed by atoms with Gasteiger partial charge in [-0.3, -0.25) is 4.79 Å². The molecule has 120 valence electrons. The first-order chi connectivity index (χ1) is 11.0. The van der Waals surface area contributed by atoms with E-state index in [-0.39, 0.29) is 11.3 Å². The number of amides is 1. The van der Waals surface area contributed by atoms with Gasteiger partial charge in [0.05, 0.1) is 10.6 Å². The lowest BCUT2D eigenvalue weighted by Gasteiger charge is -2.26. The van der Waals surface area contributed by atoms with Crippen LogP contribution in [0.2, 0.25) is 10.0 Å². The van der Waals surface area contributed by atoms with E-state index in [1.165, 1.54) is 16.7 Å². The predicted molar refractivity (Wildman–Crippen MR) is 98.6 cm³/mol. The minimum atomic E-state index is -0.0401. The van der Waals surface area contributed by atoms with Crippen LogP contribution < -0.4 is 0 Å². The molecule has 2 aromatic carbocycles. The first kappa shape index (κ1) is 16.7. The number of hydrogen-bond acceptors (Lipinski definition) is 2. The average Bonchev–Trinajstić information content (AvgIpc) is 2.95. The SMILES string of the molecule is Cc1ccc(C2SCCN2C(=O)c2ccc(Cl)cc2Cl)c(C)c1. The molecule has 1 aliphatic rings. The molecule has 3 rings (SSSR count). The number of rotatable bonds is 2. The molecule has 1 saturated heterocycles. The monoisotopic (exact) mass is 365 g/mol. The molecule has 0 N–H and O–H groups in total. The van der Waals surface area contributed by atoms with Gasteiger partial charge in [-0.1, -0.05) is 47.0 Å². The Morgan fingerprint density at radius 3 is 2.65 bits per heavy atom. The number of nitrogens with zero attached hydrogens (tertiary/aromatic N) is 1. The number of aryl methyl sites for hydroxylation is 2. The molecular formula is C18H17Cl2NOS. The summed E-state index contributed by atoms with van der Waals surface area (Å²) < 4.78 is 0. The highest BCUT2D eigenvalue weighted by Crippen LogP contribution is 2.40. The Morgan fingerprint density at radius 1 is 1.17 bits per heavy atom. The van der Waals surface area contributed by atoms with Gasteiger partial charge in [0.25, 0.3) is 5.91 Å². The Balaban J connectivity index is 1.93. The fourth-order valence-corrected chi connectivity index (χ4v) is 4.70. The molecule has 0 spiro atoms. The molecule has 0 radical (unpaired) electrons. The third-order valence-corrected chi connectivity index (χ3v) is 5.79. The number of halogens is 2. The summed E-state index contributed by atoms with van der Waals surface area (Å²) in [6.07, 6.45) is 0. The highest BCUT2D eigenvalue weighted by atomic mass is 35.5. The van der Waals surface area contributed by atoms with Crippen molar-refractivity contribution in [3.8, 4) is 0 Å². The zero-order chi connectivity index (χ0) is 16.6. The summed E-state index contributed by atoms with van der Waals surface area (Å²) in [5, 5.41) is 0.974. The zero-order valence-corrected chi connectivity index (χ0v) is 15.3. The zero-order valence-electron chi connectivity index (χ0n) is 13.0. The van der Waals surface area contributed by atoms with Crippen LogP contribution in [0.15, 0.2) is 36.4 Å². The maximum absolute atomic E-state index is 12.9. The van der Waals surface area contributed by atoms with Crippen LogP contribution in [-0.4, -0.2) is 23.1 Å². The second-order valence-corrected chi connectivity index (χ2v) is 7.74. The van der Waals surface area contributed by atoms with Gasteiger partial charge < -0.3 is 4.90 Å². The molecule has 2 nitrogen and oxygen atoms in total. The van der Waals surface area contributed by atoms with Crippen LogP contribution in [-0.2, 0) is 0 Å². The van der Waals surface area contributed by atoms with Crippen molar-refractivity contribution >= 4 is 40.9 Å². The van der Waals surface area contributed by atoms with Gasteiger partial charge in [-0.05, 0) is 43.2 Å². The van der Waals surface area contributed by atoms with E-state index in [0.29, 0.717) is 15.6 Å². The molecule has 2 aromatic rings. The van der Waals surface area contributed by atoms with Crippen LogP contribution in [0.4, 0.5) is 0 Å². The van der Waals surface area contributed by atoms with Crippen LogP contribution in [0.3, 0.4) is 0 Å². The Kier molecular flexibility index (Phi) is 4.90. The molecule has 5 heteroatoms. The van der Waals surface area contributed by atoms with Crippen LogP contribution in [0.25, 0.3) is 0 Å². The topological polar surface area (TPSA) is 20.3 Å². The van der Waals surface area contributed by atoms with Gasteiger partial charge in [-0.2, -0.15) is 0 Å². The van der Waals surface area contributed by atoms with Crippen molar-refractivity contribution in [2.75, 3.05) is 12.3 Å². The summed E-state index contributed by atoms with van der Waals surface area (Å²) in [6, 6.07) is 11.4. The third kappa shape index (κ3) is 3.37. The summed E-state index contributed by atoms with van der Waals surface area (Å²) >= 11 is 13.9. The van der Waals surface area contributed by atoms with E-state index in [4.69, 9.17) is 23.2 Å². The molecule has 0 aliphatic carbocycles. The summed E-state index contributed by atoms with van der Waals surface area (Å²) in [6.45, 7) is 4.90. The Bertz CT molecular complexity index is 763. The third-order valence-electron chi connectivity index (χ3n) is 4.00. The predicted octanol–water partition coefficient (Wildman–Crippen LogP) is 5.50. The largest absolute Gasteiger partial charge is 0.322 e. The van der Waals surface area contributed by atoms with Crippen LogP contribution in [0.1, 0.15) is 32.4 Å². The molecular weight excluding hydrogens is 349 g/mol. The lowest BCUT2D eigenvalue weighted by atomic mass is 10.0. The van der Waals surface area contributed by atoms with E-state index in [1.54, 1.807) is 30.0 Å². The van der Waals surface area contributed by atoms with Crippen molar-refractivity contribution in [2.24, 2.45) is 0 Å². The fourth-order valence-electron chi connectivity index (χ4n) is 2.86. The molecule has 0 aromatic heterocycles. The fraction of sp³-hybridized carbons (Fsp3) is 0.278. The van der Waals surface area contributed by atoms with Crippen molar-refractivity contribution in [3.63, 3.8) is 0 Å². The second kappa shape index (κ2) is 6.76. The lowest BCUT2D eigenvalue weighted by molar-refractivity contribution is 0.0760. The van der Waals surface area contributed by atoms with Gasteiger partial charge in [0.15, 0.2) is 0 Å². The van der Waals surface area contributed by atoms with Crippen molar-refractivity contribution in [2.45, 2.75) is 19.2 Å². The lowest BCUT2D eigenvalue weighted by Crippen LogP contribution is -2.31. The number of carbonyl (C=O) groups excluding carboxylic acids is 1. The second-order valence-electron chi connectivity index (χ2n) is 5.71. The number of benzene rings is 2. The van der Waals surface area contributed by atoms with E-state index in [0.717, 1.165) is 12.3 Å². The van der Waals surface area contributed by atoms with E-state index in [9.17, 15) is 4.79 Å². The molecule has 23 heavy (non-hydrogen) atoms. The van der Waals surface area contributed by atoms with E-state index in [2.05, 4.69) is 32.0 Å². The summed E-state index contributed by atoms with van der Waals surface area (Å²) in [5.74, 6) is 0.885. The summed E-state index contributed by atoms with van der Waals surface area (Å²) in [4.78, 5) is 14.8. The van der Waals surface area contributed by atoms with Gasteiger partial charge in [0.1, 0.15) is 5.37 Å². The minimum absolute atomic E-state index is 0.0369. The quantitative estimate of drug-likeness (QED) is 0.700. The van der Waals surface area contributed by atoms with Crippen LogP contribution in [0.5, 0.6) is 0 Å². The number of hydrogen-bond donors (Lipinski definition) is 0. The van der Waals surface area contributed by atoms with Crippen LogP contribution >= 0.6 is 35.0 Å². The highest BCUT2D eigenvalue weighted by molar-refractivity contribution is 7.99. The molecule has 1 amide bonds. The van der Waals surface area contributed by atoms with Gasteiger partial charge in [0, 0.05) is 17.3 Å². The molecule has 1 unspecified atom stereocenters. The normalized spacial score (nSPS) is 17.6. The highest BCUT2D eigenvalue weighted by Gasteiger charge is 2.32. The standard InChI is InChI=1S/C18H17Cl2NOS/c1-11-3-5-14(12(2)9-11)18-21(7-8-23-18)17(22)15-6-4-13(19)10-16(15)20/h3-6,9-10,18H,7-8H2,1-2H3. The first-order valence-electron chi connectivity index (χ1n) is 7.42. The van der Waals surface area contributed by atoms with Crippen molar-refractivity contribution in [3.05, 3.63) is 68.7 Å². The first-order valence-corrected chi connectivity index (χ1v) is 9.22. The molecule has 1 heterocycles. The van der Waals surface area contributed by atoms with Crippen LogP contribution in [0, 0.1) is 13.8 Å². The number of carbonyl (C=O) groups is 1.